The fourth-order valence-electron chi connectivity index (χ4n) is 2.55. The molecular weight excluding hydrogens is 188 g/mol. The minimum Gasteiger partial charge on any atom is -0.340 e. The van der Waals surface area contributed by atoms with Crippen molar-refractivity contribution < 1.29 is 4.79 Å². The maximum Gasteiger partial charge on any atom is 0.225 e. The number of nitrogens with one attached hydrogen (secondary N) is 2. The number of hydrogen-bond acceptors (Lipinski definition) is 2. The van der Waals surface area contributed by atoms with Crippen LogP contribution in [0.1, 0.15) is 33.1 Å². The molecule has 2 N–H and O–H groups in total. The van der Waals surface area contributed by atoms with Gasteiger partial charge in [0, 0.05) is 12.1 Å². The predicted molar refractivity (Wildman–Crippen MR) is 59.1 cm³/mol. The fraction of sp³-hybridized carbons (Fsp3) is 0.750. The van der Waals surface area contributed by atoms with Crippen LogP contribution in [0.2, 0.25) is 0 Å². The second kappa shape index (κ2) is 3.53. The summed E-state index contributed by atoms with van der Waals surface area (Å²) in [4.78, 5) is 12.0. The van der Waals surface area contributed by atoms with Crippen molar-refractivity contribution in [3.63, 3.8) is 0 Å². The molecule has 2 aliphatic heterocycles. The Hall–Kier alpha value is -1.01. The van der Waals surface area contributed by atoms with E-state index in [-0.39, 0.29) is 11.8 Å². The molecule has 2 saturated heterocycles. The molecule has 0 radical (unpaired) electrons. The van der Waals surface area contributed by atoms with E-state index < -0.39 is 5.54 Å². The maximum atomic E-state index is 12.0. The SMILES string of the molecule is C#CC(C)(C)NC(=O)C1CC2CCC1N2. The van der Waals surface area contributed by atoms with Crippen LogP contribution in [-0.4, -0.2) is 23.5 Å². The van der Waals surface area contributed by atoms with Crippen molar-refractivity contribution in [2.24, 2.45) is 5.92 Å². The molecule has 0 saturated carbocycles. The minimum atomic E-state index is -0.529. The monoisotopic (exact) mass is 206 g/mol. The highest BCUT2D eigenvalue weighted by atomic mass is 16.2. The van der Waals surface area contributed by atoms with Gasteiger partial charge in [0.05, 0.1) is 11.5 Å². The van der Waals surface area contributed by atoms with Gasteiger partial charge in [-0.05, 0) is 33.1 Å². The molecule has 0 aromatic rings. The van der Waals surface area contributed by atoms with Gasteiger partial charge in [0.2, 0.25) is 5.91 Å². The topological polar surface area (TPSA) is 41.1 Å². The third-order valence-corrected chi connectivity index (χ3v) is 3.43. The van der Waals surface area contributed by atoms with E-state index in [9.17, 15) is 4.79 Å². The average molecular weight is 206 g/mol. The first-order valence-electron chi connectivity index (χ1n) is 5.58. The van der Waals surface area contributed by atoms with Crippen molar-refractivity contribution in [2.45, 2.75) is 50.7 Å². The van der Waals surface area contributed by atoms with E-state index in [1.807, 2.05) is 13.8 Å². The van der Waals surface area contributed by atoms with Crippen LogP contribution in [0, 0.1) is 18.3 Å². The lowest BCUT2D eigenvalue weighted by Gasteiger charge is -2.25. The van der Waals surface area contributed by atoms with E-state index in [4.69, 9.17) is 6.42 Å². The fourth-order valence-corrected chi connectivity index (χ4v) is 2.55. The Bertz CT molecular complexity index is 316. The third kappa shape index (κ3) is 2.00. The van der Waals surface area contributed by atoms with Gasteiger partial charge in [0.25, 0.3) is 0 Å². The van der Waals surface area contributed by atoms with Crippen LogP contribution in [0.15, 0.2) is 0 Å². The van der Waals surface area contributed by atoms with Crippen LogP contribution in [0.25, 0.3) is 0 Å². The Morgan fingerprint density at radius 3 is 2.73 bits per heavy atom. The van der Waals surface area contributed by atoms with Crippen LogP contribution < -0.4 is 10.6 Å². The van der Waals surface area contributed by atoms with Gasteiger partial charge in [0.1, 0.15) is 0 Å². The molecular formula is C12H18N2O. The van der Waals surface area contributed by atoms with Crippen LogP contribution in [0.3, 0.4) is 0 Å². The van der Waals surface area contributed by atoms with E-state index in [0.29, 0.717) is 12.1 Å². The largest absolute Gasteiger partial charge is 0.340 e. The molecule has 0 aliphatic carbocycles. The number of carbonyl (C=O) groups is 1. The summed E-state index contributed by atoms with van der Waals surface area (Å²) in [5, 5.41) is 6.37. The lowest BCUT2D eigenvalue weighted by molar-refractivity contribution is -0.126. The van der Waals surface area contributed by atoms with E-state index in [0.717, 1.165) is 12.8 Å². The molecule has 0 spiro atoms. The maximum absolute atomic E-state index is 12.0. The van der Waals surface area contributed by atoms with Gasteiger partial charge < -0.3 is 10.6 Å². The zero-order valence-corrected chi connectivity index (χ0v) is 9.34. The third-order valence-electron chi connectivity index (χ3n) is 3.43. The number of terminal acetylenes is 1. The number of hydrogen-bond donors (Lipinski definition) is 2. The van der Waals surface area contributed by atoms with E-state index in [1.165, 1.54) is 6.42 Å². The Balaban J connectivity index is 1.96. The zero-order chi connectivity index (χ0) is 11.1. The molecule has 3 unspecified atom stereocenters. The molecule has 2 heterocycles. The van der Waals surface area contributed by atoms with Crippen molar-refractivity contribution in [3.05, 3.63) is 0 Å². The van der Waals surface area contributed by atoms with Crippen molar-refractivity contribution in [1.29, 1.82) is 0 Å². The van der Waals surface area contributed by atoms with E-state index in [1.54, 1.807) is 0 Å². The normalized spacial score (nSPS) is 33.8. The van der Waals surface area contributed by atoms with Crippen LogP contribution >= 0.6 is 0 Å². The summed E-state index contributed by atoms with van der Waals surface area (Å²) < 4.78 is 0. The standard InChI is InChI=1S/C12H18N2O/c1-4-12(2,3)14-11(15)9-7-8-5-6-10(9)13-8/h1,8-10,13H,5-7H2,2-3H3,(H,14,15). The predicted octanol–water partition coefficient (Wildman–Crippen LogP) is 0.655. The highest BCUT2D eigenvalue weighted by Gasteiger charge is 2.43. The number of fused-ring (bicyclic) bond motifs is 2. The first-order chi connectivity index (χ1) is 7.02. The molecule has 2 aliphatic rings. The molecule has 82 valence electrons. The summed E-state index contributed by atoms with van der Waals surface area (Å²) in [5.41, 5.74) is -0.529. The average Bonchev–Trinajstić information content (AvgIpc) is 2.78. The van der Waals surface area contributed by atoms with Crippen LogP contribution in [-0.2, 0) is 4.79 Å². The van der Waals surface area contributed by atoms with Crippen molar-refractivity contribution >= 4 is 5.91 Å². The molecule has 3 atom stereocenters. The Kier molecular flexibility index (Phi) is 2.47. The summed E-state index contributed by atoms with van der Waals surface area (Å²) in [6.07, 6.45) is 8.66. The lowest BCUT2D eigenvalue weighted by atomic mass is 9.88. The Morgan fingerprint density at radius 1 is 1.53 bits per heavy atom. The van der Waals surface area contributed by atoms with Crippen molar-refractivity contribution in [1.82, 2.24) is 10.6 Å². The van der Waals surface area contributed by atoms with Gasteiger partial charge in [-0.3, -0.25) is 4.79 Å². The van der Waals surface area contributed by atoms with E-state index >= 15 is 0 Å². The molecule has 2 rings (SSSR count). The highest BCUT2D eigenvalue weighted by molar-refractivity contribution is 5.81. The molecule has 2 bridgehead atoms. The molecule has 0 aromatic heterocycles. The van der Waals surface area contributed by atoms with Crippen LogP contribution in [0.5, 0.6) is 0 Å². The number of carbonyl (C=O) groups excluding carboxylic acids is 1. The second-order valence-electron chi connectivity index (χ2n) is 5.15. The molecule has 15 heavy (non-hydrogen) atoms. The van der Waals surface area contributed by atoms with Gasteiger partial charge in [-0.1, -0.05) is 5.92 Å². The number of amides is 1. The highest BCUT2D eigenvalue weighted by Crippen LogP contribution is 2.33. The smallest absolute Gasteiger partial charge is 0.225 e. The van der Waals surface area contributed by atoms with Crippen molar-refractivity contribution in [2.75, 3.05) is 0 Å². The second-order valence-corrected chi connectivity index (χ2v) is 5.15. The van der Waals surface area contributed by atoms with Gasteiger partial charge >= 0.3 is 0 Å². The first kappa shape index (κ1) is 10.5. The summed E-state index contributed by atoms with van der Waals surface area (Å²) in [7, 11) is 0. The number of rotatable bonds is 2. The van der Waals surface area contributed by atoms with Crippen molar-refractivity contribution in [3.8, 4) is 12.3 Å². The van der Waals surface area contributed by atoms with Gasteiger partial charge in [-0.15, -0.1) is 6.42 Å². The summed E-state index contributed by atoms with van der Waals surface area (Å²) in [5.74, 6) is 2.82. The van der Waals surface area contributed by atoms with Gasteiger partial charge in [0.15, 0.2) is 0 Å². The molecule has 0 aromatic carbocycles. The summed E-state index contributed by atoms with van der Waals surface area (Å²) >= 11 is 0. The minimum absolute atomic E-state index is 0.109. The van der Waals surface area contributed by atoms with Gasteiger partial charge in [-0.25, -0.2) is 0 Å². The molecule has 1 amide bonds. The lowest BCUT2D eigenvalue weighted by Crippen LogP contribution is -2.47. The Morgan fingerprint density at radius 2 is 2.27 bits per heavy atom. The molecule has 3 nitrogen and oxygen atoms in total. The molecule has 2 fully saturated rings. The quantitative estimate of drug-likeness (QED) is 0.651. The summed E-state index contributed by atoms with van der Waals surface area (Å²) in [6, 6.07) is 0.934. The molecule has 3 heteroatoms. The zero-order valence-electron chi connectivity index (χ0n) is 9.34. The first-order valence-corrected chi connectivity index (χ1v) is 5.58. The summed E-state index contributed by atoms with van der Waals surface area (Å²) in [6.45, 7) is 3.71. The van der Waals surface area contributed by atoms with E-state index in [2.05, 4.69) is 16.6 Å². The Labute approximate surface area is 91.0 Å². The van der Waals surface area contributed by atoms with Crippen LogP contribution in [0.4, 0.5) is 0 Å². The van der Waals surface area contributed by atoms with Gasteiger partial charge in [-0.2, -0.15) is 0 Å².